The van der Waals surface area contributed by atoms with E-state index in [0.717, 1.165) is 18.7 Å². The van der Waals surface area contributed by atoms with Crippen molar-refractivity contribution in [3.8, 4) is 11.5 Å². The van der Waals surface area contributed by atoms with Gasteiger partial charge in [-0.3, -0.25) is 4.79 Å². The van der Waals surface area contributed by atoms with Gasteiger partial charge in [0.25, 0.3) is 0 Å². The fourth-order valence-electron chi connectivity index (χ4n) is 1.83. The molecule has 2 N–H and O–H groups in total. The molecule has 5 nitrogen and oxygen atoms in total. The summed E-state index contributed by atoms with van der Waals surface area (Å²) >= 11 is 0. The zero-order chi connectivity index (χ0) is 15.7. The van der Waals surface area contributed by atoms with E-state index in [9.17, 15) is 4.79 Å². The summed E-state index contributed by atoms with van der Waals surface area (Å²) in [5, 5.41) is 5.95. The van der Waals surface area contributed by atoms with E-state index < -0.39 is 0 Å². The number of benzene rings is 1. The molecular weight excluding hydrogens is 268 g/mol. The molecule has 0 aliphatic carbocycles. The maximum Gasteiger partial charge on any atom is 0.223 e. The molecule has 0 atom stereocenters. The Morgan fingerprint density at radius 3 is 2.67 bits per heavy atom. The number of rotatable bonds is 9. The minimum absolute atomic E-state index is 0.0385. The lowest BCUT2D eigenvalue weighted by Gasteiger charge is -2.13. The van der Waals surface area contributed by atoms with Crippen LogP contribution in [0.4, 0.5) is 0 Å². The van der Waals surface area contributed by atoms with Crippen molar-refractivity contribution in [3.05, 3.63) is 23.8 Å². The molecule has 0 unspecified atom stereocenters. The van der Waals surface area contributed by atoms with E-state index in [0.29, 0.717) is 30.4 Å². The number of amides is 1. The molecule has 21 heavy (non-hydrogen) atoms. The highest BCUT2D eigenvalue weighted by atomic mass is 16.5. The highest BCUT2D eigenvalue weighted by molar-refractivity contribution is 5.75. The van der Waals surface area contributed by atoms with Gasteiger partial charge >= 0.3 is 0 Å². The number of ether oxygens (including phenoxy) is 2. The van der Waals surface area contributed by atoms with Crippen molar-refractivity contribution in [2.75, 3.05) is 27.3 Å². The Labute approximate surface area is 127 Å². The predicted molar refractivity (Wildman–Crippen MR) is 83.7 cm³/mol. The van der Waals surface area contributed by atoms with Crippen LogP contribution in [0.2, 0.25) is 0 Å². The quantitative estimate of drug-likeness (QED) is 0.731. The highest BCUT2D eigenvalue weighted by Gasteiger charge is 2.07. The third kappa shape index (κ3) is 6.49. The summed E-state index contributed by atoms with van der Waals surface area (Å²) in [5.41, 5.74) is 1.14. The van der Waals surface area contributed by atoms with Crippen LogP contribution in [0.15, 0.2) is 18.2 Å². The van der Waals surface area contributed by atoms with Gasteiger partial charge in [-0.05, 0) is 30.2 Å². The smallest absolute Gasteiger partial charge is 0.223 e. The van der Waals surface area contributed by atoms with E-state index in [2.05, 4.69) is 24.5 Å². The number of hydrogen-bond donors (Lipinski definition) is 2. The molecule has 1 amide bonds. The number of hydrogen-bond acceptors (Lipinski definition) is 4. The molecule has 1 aromatic carbocycles. The second-order valence-electron chi connectivity index (χ2n) is 5.28. The highest BCUT2D eigenvalue weighted by Crippen LogP contribution is 2.28. The molecule has 0 heterocycles. The predicted octanol–water partition coefficient (Wildman–Crippen LogP) is 1.96. The van der Waals surface area contributed by atoms with Crippen molar-refractivity contribution in [3.63, 3.8) is 0 Å². The van der Waals surface area contributed by atoms with Crippen molar-refractivity contribution in [2.45, 2.75) is 26.8 Å². The van der Waals surface area contributed by atoms with Crippen LogP contribution in [0.25, 0.3) is 0 Å². The van der Waals surface area contributed by atoms with Crippen molar-refractivity contribution in [1.82, 2.24) is 10.6 Å². The summed E-state index contributed by atoms with van der Waals surface area (Å²) in [5.74, 6) is 1.94. The van der Waals surface area contributed by atoms with Gasteiger partial charge in [-0.15, -0.1) is 0 Å². The topological polar surface area (TPSA) is 59.6 Å². The largest absolute Gasteiger partial charge is 0.493 e. The molecule has 1 rings (SSSR count). The Balaban J connectivity index is 2.55. The van der Waals surface area contributed by atoms with E-state index in [4.69, 9.17) is 9.47 Å². The summed E-state index contributed by atoms with van der Waals surface area (Å²) in [6.07, 6.45) is 0.331. The van der Waals surface area contributed by atoms with Crippen LogP contribution < -0.4 is 20.1 Å². The maximum atomic E-state index is 11.2. The number of nitrogens with one attached hydrogen (secondary N) is 2. The van der Waals surface area contributed by atoms with Gasteiger partial charge < -0.3 is 20.1 Å². The van der Waals surface area contributed by atoms with Crippen molar-refractivity contribution in [1.29, 1.82) is 0 Å². The van der Waals surface area contributed by atoms with Crippen LogP contribution in [-0.4, -0.2) is 33.2 Å². The molecule has 118 valence electrons. The van der Waals surface area contributed by atoms with Gasteiger partial charge in [0.1, 0.15) is 0 Å². The summed E-state index contributed by atoms with van der Waals surface area (Å²) in [6, 6.07) is 5.85. The van der Waals surface area contributed by atoms with Crippen molar-refractivity contribution in [2.24, 2.45) is 5.92 Å². The van der Waals surface area contributed by atoms with E-state index in [1.54, 1.807) is 14.2 Å². The van der Waals surface area contributed by atoms with Gasteiger partial charge in [-0.25, -0.2) is 0 Å². The first kappa shape index (κ1) is 17.3. The van der Waals surface area contributed by atoms with Crippen molar-refractivity contribution >= 4 is 5.91 Å². The van der Waals surface area contributed by atoms with Crippen LogP contribution >= 0.6 is 0 Å². The normalized spacial score (nSPS) is 10.5. The van der Waals surface area contributed by atoms with Gasteiger partial charge in [0.05, 0.1) is 20.1 Å². The van der Waals surface area contributed by atoms with Crippen LogP contribution in [-0.2, 0) is 11.3 Å². The molecule has 1 aromatic rings. The van der Waals surface area contributed by atoms with E-state index in [-0.39, 0.29) is 5.91 Å². The Morgan fingerprint density at radius 2 is 2.05 bits per heavy atom. The molecular formula is C16H26N2O3. The van der Waals surface area contributed by atoms with Gasteiger partial charge in [0.2, 0.25) is 5.91 Å². The van der Waals surface area contributed by atoms with Gasteiger partial charge in [-0.1, -0.05) is 19.9 Å². The van der Waals surface area contributed by atoms with Crippen LogP contribution in [0, 0.1) is 5.92 Å². The van der Waals surface area contributed by atoms with Gasteiger partial charge in [0.15, 0.2) is 11.5 Å². The van der Waals surface area contributed by atoms with Crippen molar-refractivity contribution < 1.29 is 14.3 Å². The molecule has 0 radical (unpaired) electrons. The number of methoxy groups -OCH3 is 1. The van der Waals surface area contributed by atoms with E-state index in [1.807, 2.05) is 18.2 Å². The van der Waals surface area contributed by atoms with Crippen LogP contribution in [0.5, 0.6) is 11.5 Å². The third-order valence-corrected chi connectivity index (χ3v) is 2.98. The number of carbonyl (C=O) groups is 1. The molecule has 0 fully saturated rings. The monoisotopic (exact) mass is 294 g/mol. The zero-order valence-electron chi connectivity index (χ0n) is 13.4. The summed E-state index contributed by atoms with van der Waals surface area (Å²) in [6.45, 7) is 6.47. The summed E-state index contributed by atoms with van der Waals surface area (Å²) in [7, 11) is 3.23. The first-order valence-electron chi connectivity index (χ1n) is 7.27. The van der Waals surface area contributed by atoms with Gasteiger partial charge in [-0.2, -0.15) is 0 Å². The van der Waals surface area contributed by atoms with E-state index in [1.165, 1.54) is 0 Å². The molecule has 0 aliphatic heterocycles. The SMILES string of the molecule is CNC(=O)CCOc1ccc(CNCC(C)C)cc1OC. The van der Waals surface area contributed by atoms with Crippen LogP contribution in [0.1, 0.15) is 25.8 Å². The first-order chi connectivity index (χ1) is 10.1. The third-order valence-electron chi connectivity index (χ3n) is 2.98. The Bertz CT molecular complexity index is 447. The minimum atomic E-state index is -0.0385. The lowest BCUT2D eigenvalue weighted by atomic mass is 10.2. The summed E-state index contributed by atoms with van der Waals surface area (Å²) in [4.78, 5) is 11.2. The fourth-order valence-corrected chi connectivity index (χ4v) is 1.83. The average Bonchev–Trinajstić information content (AvgIpc) is 2.47. The standard InChI is InChI=1S/C16H26N2O3/c1-12(2)10-18-11-13-5-6-14(15(9-13)20-4)21-8-7-16(19)17-3/h5-6,9,12,18H,7-8,10-11H2,1-4H3,(H,17,19). The van der Waals surface area contributed by atoms with E-state index >= 15 is 0 Å². The zero-order valence-corrected chi connectivity index (χ0v) is 13.4. The fraction of sp³-hybridized carbons (Fsp3) is 0.562. The average molecular weight is 294 g/mol. The lowest BCUT2D eigenvalue weighted by molar-refractivity contribution is -0.121. The van der Waals surface area contributed by atoms with Gasteiger partial charge in [0, 0.05) is 13.6 Å². The molecule has 0 aliphatic rings. The molecule has 0 saturated carbocycles. The van der Waals surface area contributed by atoms with Crippen LogP contribution in [0.3, 0.4) is 0 Å². The molecule has 0 spiro atoms. The Hall–Kier alpha value is -1.75. The summed E-state index contributed by atoms with van der Waals surface area (Å²) < 4.78 is 10.9. The molecule has 0 saturated heterocycles. The Morgan fingerprint density at radius 1 is 1.29 bits per heavy atom. The minimum Gasteiger partial charge on any atom is -0.493 e. The first-order valence-corrected chi connectivity index (χ1v) is 7.27. The molecule has 5 heteroatoms. The number of carbonyl (C=O) groups excluding carboxylic acids is 1. The molecule has 0 bridgehead atoms. The maximum absolute atomic E-state index is 11.2. The lowest BCUT2D eigenvalue weighted by Crippen LogP contribution is -2.20. The second-order valence-corrected chi connectivity index (χ2v) is 5.28. The molecule has 0 aromatic heterocycles. The second kappa shape index (κ2) is 9.23. The Kier molecular flexibility index (Phi) is 7.61.